The fourth-order valence-electron chi connectivity index (χ4n) is 2.41. The number of hydrazine groups is 1. The zero-order chi connectivity index (χ0) is 15.1. The molecule has 0 aromatic rings. The van der Waals surface area contributed by atoms with E-state index in [1.165, 1.54) is 0 Å². The number of nitrogens with one attached hydrogen (secondary N) is 1. The van der Waals surface area contributed by atoms with Crippen molar-refractivity contribution in [2.24, 2.45) is 0 Å². The van der Waals surface area contributed by atoms with E-state index in [0.717, 1.165) is 13.1 Å². The summed E-state index contributed by atoms with van der Waals surface area (Å²) in [6.45, 7) is 15.6. The van der Waals surface area contributed by atoms with Crippen molar-refractivity contribution >= 4 is 19.9 Å². The fourth-order valence-corrected chi connectivity index (χ4v) is 5.90. The molecule has 0 amide bonds. The van der Waals surface area contributed by atoms with Crippen LogP contribution < -0.4 is 5.20 Å². The van der Waals surface area contributed by atoms with Crippen molar-refractivity contribution in [2.75, 3.05) is 39.3 Å². The summed E-state index contributed by atoms with van der Waals surface area (Å²) < 4.78 is 3.49. The summed E-state index contributed by atoms with van der Waals surface area (Å²) in [6.07, 6.45) is 0. The van der Waals surface area contributed by atoms with Crippen molar-refractivity contribution in [3.63, 3.8) is 0 Å². The van der Waals surface area contributed by atoms with E-state index in [-0.39, 0.29) is 12.4 Å². The van der Waals surface area contributed by atoms with Crippen LogP contribution in [0.2, 0.25) is 0 Å². The fraction of sp³-hybridized carbons (Fsp3) is 1.00. The van der Waals surface area contributed by atoms with Crippen LogP contribution in [-0.2, 0) is 0 Å². The van der Waals surface area contributed by atoms with E-state index < -0.39 is 7.51 Å². The van der Waals surface area contributed by atoms with Gasteiger partial charge in [0, 0.05) is 0 Å². The molecule has 0 fully saturated rings. The van der Waals surface area contributed by atoms with Gasteiger partial charge in [-0.15, -0.1) is 12.4 Å². The Balaban J connectivity index is 0. The van der Waals surface area contributed by atoms with E-state index in [4.69, 9.17) is 0 Å². The normalized spacial score (nSPS) is 14.4. The first kappa shape index (κ1) is 22.8. The van der Waals surface area contributed by atoms with Crippen LogP contribution in [0.25, 0.3) is 0 Å². The van der Waals surface area contributed by atoms with Crippen LogP contribution in [0, 0.1) is 0 Å². The molecular formula is C12H34ClN4O2P. The predicted molar refractivity (Wildman–Crippen MR) is 90.5 cm³/mol. The van der Waals surface area contributed by atoms with Crippen LogP contribution in [0.5, 0.6) is 0 Å². The molecule has 0 unspecified atom stereocenters. The number of hydrogen-bond donors (Lipinski definition) is 3. The standard InChI is InChI=1S/C12H33N4O2P.ClH/c1-7-14(8-2)13-19(17,18,15(9-3)10-4)16(11-5)12-6;/h13,17-18H,7-12H2,1-6H3;1H. The SMILES string of the molecule is CCN(CC)NP(O)(O)(N(CC)CC)N(CC)CC.Cl. The molecule has 3 N–H and O–H groups in total. The van der Waals surface area contributed by atoms with Gasteiger partial charge in [-0.05, 0) is 0 Å². The monoisotopic (exact) mass is 332 g/mol. The van der Waals surface area contributed by atoms with E-state index in [9.17, 15) is 9.79 Å². The predicted octanol–water partition coefficient (Wildman–Crippen LogP) is 2.05. The first-order valence-electron chi connectivity index (χ1n) is 7.39. The molecule has 0 rings (SSSR count). The Morgan fingerprint density at radius 1 is 0.700 bits per heavy atom. The molecule has 0 aliphatic carbocycles. The van der Waals surface area contributed by atoms with Crippen molar-refractivity contribution < 1.29 is 9.79 Å². The Kier molecular flexibility index (Phi) is 10.8. The van der Waals surface area contributed by atoms with Gasteiger partial charge in [-0.2, -0.15) is 0 Å². The molecule has 0 heterocycles. The molecule has 8 heteroatoms. The van der Waals surface area contributed by atoms with Crippen molar-refractivity contribution in [3.8, 4) is 0 Å². The van der Waals surface area contributed by atoms with Gasteiger partial charge in [0.05, 0.1) is 0 Å². The van der Waals surface area contributed by atoms with E-state index >= 15 is 0 Å². The zero-order valence-electron chi connectivity index (χ0n) is 13.8. The summed E-state index contributed by atoms with van der Waals surface area (Å²) >= 11 is 0. The van der Waals surface area contributed by atoms with Gasteiger partial charge < -0.3 is 0 Å². The van der Waals surface area contributed by atoms with Gasteiger partial charge in [0.15, 0.2) is 0 Å². The molecule has 0 saturated carbocycles. The maximum atomic E-state index is 11.2. The van der Waals surface area contributed by atoms with Crippen molar-refractivity contribution in [1.29, 1.82) is 0 Å². The number of hydrogen-bond acceptors (Lipinski definition) is 6. The third kappa shape index (κ3) is 4.75. The van der Waals surface area contributed by atoms with E-state index in [2.05, 4.69) is 5.20 Å². The maximum absolute atomic E-state index is 11.2. The maximum Gasteiger partial charge on any atom is -0.147 e. The smallest absolute Gasteiger partial charge is 0.147 e. The molecule has 126 valence electrons. The largest absolute Gasteiger partial charge is 0.147 e. The molecule has 0 saturated heterocycles. The quantitative estimate of drug-likeness (QED) is 0.420. The van der Waals surface area contributed by atoms with Crippen LogP contribution in [0.3, 0.4) is 0 Å². The van der Waals surface area contributed by atoms with Gasteiger partial charge in [-0.1, -0.05) is 0 Å². The summed E-state index contributed by atoms with van der Waals surface area (Å²) in [4.78, 5) is 22.4. The Labute approximate surface area is 130 Å². The molecule has 0 radical (unpaired) electrons. The van der Waals surface area contributed by atoms with Crippen molar-refractivity contribution in [2.45, 2.75) is 41.5 Å². The Morgan fingerprint density at radius 3 is 1.20 bits per heavy atom. The van der Waals surface area contributed by atoms with Gasteiger partial charge in [0.25, 0.3) is 0 Å². The Hall–Kier alpha value is 0.480. The number of halogens is 1. The molecule has 0 spiro atoms. The summed E-state index contributed by atoms with van der Waals surface area (Å²) in [5.41, 5.74) is 0. The average Bonchev–Trinajstić information content (AvgIpc) is 2.38. The molecule has 20 heavy (non-hydrogen) atoms. The van der Waals surface area contributed by atoms with E-state index in [0.29, 0.717) is 26.2 Å². The van der Waals surface area contributed by atoms with E-state index in [1.54, 1.807) is 9.34 Å². The van der Waals surface area contributed by atoms with Crippen LogP contribution in [0.15, 0.2) is 0 Å². The summed E-state index contributed by atoms with van der Waals surface area (Å²) in [7, 11) is -4.26. The topological polar surface area (TPSA) is 62.2 Å². The molecular weight excluding hydrogens is 299 g/mol. The van der Waals surface area contributed by atoms with Crippen LogP contribution in [0.4, 0.5) is 0 Å². The second-order valence-corrected chi connectivity index (χ2v) is 7.69. The molecule has 0 aliphatic rings. The minimum atomic E-state index is -4.26. The van der Waals surface area contributed by atoms with Crippen LogP contribution >= 0.6 is 19.9 Å². The first-order valence-corrected chi connectivity index (χ1v) is 9.43. The third-order valence-electron chi connectivity index (χ3n) is 3.59. The Bertz CT molecular complexity index is 244. The van der Waals surface area contributed by atoms with Gasteiger partial charge in [0.1, 0.15) is 0 Å². The van der Waals surface area contributed by atoms with Crippen LogP contribution in [-0.4, -0.2) is 63.4 Å². The number of nitrogens with zero attached hydrogens (tertiary/aromatic N) is 3. The van der Waals surface area contributed by atoms with Crippen LogP contribution in [0.1, 0.15) is 41.5 Å². The zero-order valence-corrected chi connectivity index (χ0v) is 15.5. The number of rotatable bonds is 10. The van der Waals surface area contributed by atoms with Gasteiger partial charge in [-0.25, -0.2) is 0 Å². The second kappa shape index (κ2) is 9.49. The first-order chi connectivity index (χ1) is 8.83. The molecule has 0 bridgehead atoms. The summed E-state index contributed by atoms with van der Waals surface area (Å²) in [5.74, 6) is 0. The molecule has 6 nitrogen and oxygen atoms in total. The average molecular weight is 333 g/mol. The summed E-state index contributed by atoms with van der Waals surface area (Å²) in [5, 5.41) is 4.89. The minimum Gasteiger partial charge on any atom is -0.147 e. The molecule has 0 aromatic heterocycles. The molecule has 0 aromatic carbocycles. The van der Waals surface area contributed by atoms with Gasteiger partial charge >= 0.3 is 118 Å². The van der Waals surface area contributed by atoms with Gasteiger partial charge in [-0.3, -0.25) is 0 Å². The third-order valence-corrected chi connectivity index (χ3v) is 7.44. The Morgan fingerprint density at radius 2 is 1.00 bits per heavy atom. The van der Waals surface area contributed by atoms with Gasteiger partial charge in [0.2, 0.25) is 0 Å². The second-order valence-electron chi connectivity index (χ2n) is 4.49. The van der Waals surface area contributed by atoms with Crippen molar-refractivity contribution in [1.82, 2.24) is 19.5 Å². The minimum absolute atomic E-state index is 0. The van der Waals surface area contributed by atoms with E-state index in [1.807, 2.05) is 46.6 Å². The molecule has 0 aliphatic heterocycles. The summed E-state index contributed by atoms with van der Waals surface area (Å²) in [6, 6.07) is 0. The molecule has 0 atom stereocenters. The van der Waals surface area contributed by atoms with Crippen molar-refractivity contribution in [3.05, 3.63) is 0 Å².